The van der Waals surface area contributed by atoms with Crippen LogP contribution in [0, 0.1) is 6.92 Å². The fraction of sp³-hybridized carbons (Fsp3) is 0.444. The van der Waals surface area contributed by atoms with Gasteiger partial charge >= 0.3 is 0 Å². The lowest BCUT2D eigenvalue weighted by atomic mass is 10.1. The van der Waals surface area contributed by atoms with Crippen LogP contribution in [0.1, 0.15) is 23.2 Å². The highest BCUT2D eigenvalue weighted by atomic mass is 127. The maximum atomic E-state index is 10.2. The number of aliphatic hydroxyl groups excluding tert-OH is 1. The van der Waals surface area contributed by atoms with E-state index in [1.807, 2.05) is 56.1 Å². The van der Waals surface area contributed by atoms with Crippen LogP contribution in [0.2, 0.25) is 0 Å². The van der Waals surface area contributed by atoms with Gasteiger partial charge in [0, 0.05) is 25.4 Å². The first-order chi connectivity index (χ1) is 11.6. The Hall–Kier alpha value is -1.19. The lowest BCUT2D eigenvalue weighted by molar-refractivity contribution is 0.183. The van der Waals surface area contributed by atoms with Crippen LogP contribution >= 0.6 is 35.3 Å². The summed E-state index contributed by atoms with van der Waals surface area (Å²) in [5.41, 5.74) is 2.16. The smallest absolute Gasteiger partial charge is 0.194 e. The van der Waals surface area contributed by atoms with E-state index in [-0.39, 0.29) is 24.0 Å². The number of hydrogen-bond acceptors (Lipinski definition) is 4. The summed E-state index contributed by atoms with van der Waals surface area (Å²) in [6, 6.07) is 9.99. The minimum absolute atomic E-state index is 0. The summed E-state index contributed by atoms with van der Waals surface area (Å²) in [7, 11) is 1.99. The fourth-order valence-electron chi connectivity index (χ4n) is 2.41. The zero-order valence-electron chi connectivity index (χ0n) is 15.0. The number of aliphatic imine (C=N–C) groups is 1. The molecule has 138 valence electrons. The molecule has 1 heterocycles. The van der Waals surface area contributed by atoms with Crippen LogP contribution < -0.4 is 5.32 Å². The standard InChI is InChI=1S/C18H26N4OS.HI/c1-4-19-18(22(3)12-16-13-24-14(2)21-16)20-11-17(23)10-15-8-6-5-7-9-15;/h5-9,13,17,23H,4,10-12H2,1-3H3,(H,19,20);1H. The van der Waals surface area contributed by atoms with E-state index in [4.69, 9.17) is 0 Å². The van der Waals surface area contributed by atoms with Crippen LogP contribution in [0.4, 0.5) is 0 Å². The van der Waals surface area contributed by atoms with E-state index < -0.39 is 6.10 Å². The summed E-state index contributed by atoms with van der Waals surface area (Å²) < 4.78 is 0. The SMILES string of the molecule is CCNC(=NCC(O)Cc1ccccc1)N(C)Cc1csc(C)n1.I. The van der Waals surface area contributed by atoms with Crippen molar-refractivity contribution >= 4 is 41.3 Å². The third-order valence-electron chi connectivity index (χ3n) is 3.53. The van der Waals surface area contributed by atoms with E-state index >= 15 is 0 Å². The van der Waals surface area contributed by atoms with Crippen molar-refractivity contribution in [3.05, 3.63) is 52.0 Å². The second kappa shape index (κ2) is 11.4. The van der Waals surface area contributed by atoms with Gasteiger partial charge in [-0.05, 0) is 19.4 Å². The van der Waals surface area contributed by atoms with Crippen LogP contribution in [0.3, 0.4) is 0 Å². The second-order valence-electron chi connectivity index (χ2n) is 5.75. The van der Waals surface area contributed by atoms with Crippen molar-refractivity contribution in [3.8, 4) is 0 Å². The Kier molecular flexibility index (Phi) is 9.99. The molecule has 0 bridgehead atoms. The predicted molar refractivity (Wildman–Crippen MR) is 116 cm³/mol. The molecule has 1 atom stereocenters. The number of thiazole rings is 1. The number of guanidine groups is 1. The molecule has 0 amide bonds. The fourth-order valence-corrected chi connectivity index (χ4v) is 3.01. The molecule has 2 aromatic rings. The summed E-state index contributed by atoms with van der Waals surface area (Å²) in [5.74, 6) is 0.787. The zero-order chi connectivity index (χ0) is 17.4. The van der Waals surface area contributed by atoms with Gasteiger partial charge in [-0.25, -0.2) is 4.98 Å². The number of aromatic nitrogens is 1. The molecule has 0 aliphatic rings. The van der Waals surface area contributed by atoms with Gasteiger partial charge in [-0.1, -0.05) is 30.3 Å². The predicted octanol–water partition coefficient (Wildman–Crippen LogP) is 3.07. The molecule has 25 heavy (non-hydrogen) atoms. The maximum Gasteiger partial charge on any atom is 0.194 e. The van der Waals surface area contributed by atoms with E-state index in [0.29, 0.717) is 19.5 Å². The molecule has 0 fully saturated rings. The molecule has 2 N–H and O–H groups in total. The van der Waals surface area contributed by atoms with Crippen LogP contribution in [-0.2, 0) is 13.0 Å². The summed E-state index contributed by atoms with van der Waals surface area (Å²) in [5, 5.41) is 16.6. The molecule has 0 aliphatic carbocycles. The van der Waals surface area contributed by atoms with Gasteiger partial charge in [0.25, 0.3) is 0 Å². The van der Waals surface area contributed by atoms with Crippen molar-refractivity contribution in [1.29, 1.82) is 0 Å². The first-order valence-corrected chi connectivity index (χ1v) is 9.09. The molecule has 0 saturated heterocycles. The van der Waals surface area contributed by atoms with Gasteiger partial charge in [0.15, 0.2) is 5.96 Å². The number of nitrogens with one attached hydrogen (secondary N) is 1. The van der Waals surface area contributed by atoms with Gasteiger partial charge in [0.2, 0.25) is 0 Å². The van der Waals surface area contributed by atoms with Crippen molar-refractivity contribution in [2.45, 2.75) is 32.9 Å². The molecule has 0 saturated carbocycles. The average Bonchev–Trinajstić information content (AvgIpc) is 2.97. The number of rotatable bonds is 7. The maximum absolute atomic E-state index is 10.2. The summed E-state index contributed by atoms with van der Waals surface area (Å²) in [6.07, 6.45) is 0.120. The number of nitrogens with zero attached hydrogens (tertiary/aromatic N) is 3. The van der Waals surface area contributed by atoms with Crippen LogP contribution in [-0.4, -0.2) is 47.2 Å². The zero-order valence-corrected chi connectivity index (χ0v) is 18.1. The number of hydrogen-bond donors (Lipinski definition) is 2. The first-order valence-electron chi connectivity index (χ1n) is 8.21. The second-order valence-corrected chi connectivity index (χ2v) is 6.81. The molecule has 2 rings (SSSR count). The van der Waals surface area contributed by atoms with Crippen molar-refractivity contribution in [3.63, 3.8) is 0 Å². The third-order valence-corrected chi connectivity index (χ3v) is 4.35. The van der Waals surface area contributed by atoms with E-state index in [0.717, 1.165) is 28.8 Å². The molecular weight excluding hydrogens is 447 g/mol. The Morgan fingerprint density at radius 2 is 2.08 bits per heavy atom. The van der Waals surface area contributed by atoms with E-state index in [2.05, 4.69) is 20.7 Å². The lowest BCUT2D eigenvalue weighted by Crippen LogP contribution is -2.39. The van der Waals surface area contributed by atoms with Gasteiger partial charge in [0.05, 0.1) is 29.9 Å². The minimum Gasteiger partial charge on any atom is -0.391 e. The van der Waals surface area contributed by atoms with Gasteiger partial charge < -0.3 is 15.3 Å². The van der Waals surface area contributed by atoms with Crippen LogP contribution in [0.15, 0.2) is 40.7 Å². The molecule has 0 radical (unpaired) electrons. The average molecular weight is 474 g/mol. The van der Waals surface area contributed by atoms with Crippen LogP contribution in [0.25, 0.3) is 0 Å². The Balaban J connectivity index is 0.00000312. The van der Waals surface area contributed by atoms with Crippen molar-refractivity contribution < 1.29 is 5.11 Å². The number of aliphatic hydroxyl groups is 1. The third kappa shape index (κ3) is 7.70. The Labute approximate surface area is 171 Å². The van der Waals surface area contributed by atoms with Gasteiger partial charge in [-0.2, -0.15) is 0 Å². The van der Waals surface area contributed by atoms with Gasteiger partial charge in [-0.15, -0.1) is 35.3 Å². The molecule has 1 aromatic heterocycles. The monoisotopic (exact) mass is 474 g/mol. The molecule has 5 nitrogen and oxygen atoms in total. The first kappa shape index (κ1) is 21.9. The lowest BCUT2D eigenvalue weighted by Gasteiger charge is -2.21. The summed E-state index contributed by atoms with van der Waals surface area (Å²) in [4.78, 5) is 11.1. The largest absolute Gasteiger partial charge is 0.391 e. The summed E-state index contributed by atoms with van der Waals surface area (Å²) >= 11 is 1.65. The normalized spacial score (nSPS) is 12.4. The molecular formula is C18H27IN4OS. The number of aryl methyl sites for hydroxylation is 1. The van der Waals surface area contributed by atoms with Gasteiger partial charge in [0.1, 0.15) is 0 Å². The highest BCUT2D eigenvalue weighted by molar-refractivity contribution is 14.0. The van der Waals surface area contributed by atoms with E-state index in [9.17, 15) is 5.11 Å². The number of halogens is 1. The van der Waals surface area contributed by atoms with Crippen LogP contribution in [0.5, 0.6) is 0 Å². The molecule has 0 spiro atoms. The number of benzene rings is 1. The van der Waals surface area contributed by atoms with E-state index in [1.165, 1.54) is 0 Å². The Morgan fingerprint density at radius 1 is 1.36 bits per heavy atom. The topological polar surface area (TPSA) is 60.8 Å². The molecule has 1 aromatic carbocycles. The quantitative estimate of drug-likeness (QED) is 0.368. The Bertz CT molecular complexity index is 648. The van der Waals surface area contributed by atoms with Gasteiger partial charge in [-0.3, -0.25) is 4.99 Å². The highest BCUT2D eigenvalue weighted by Crippen LogP contribution is 2.10. The van der Waals surface area contributed by atoms with Crippen molar-refractivity contribution in [2.75, 3.05) is 20.1 Å². The highest BCUT2D eigenvalue weighted by Gasteiger charge is 2.10. The molecule has 0 aliphatic heterocycles. The minimum atomic E-state index is -0.490. The van der Waals surface area contributed by atoms with Crippen molar-refractivity contribution in [2.24, 2.45) is 4.99 Å². The molecule has 1 unspecified atom stereocenters. The van der Waals surface area contributed by atoms with E-state index in [1.54, 1.807) is 11.3 Å². The summed E-state index contributed by atoms with van der Waals surface area (Å²) in [6.45, 7) is 5.90. The Morgan fingerprint density at radius 3 is 2.68 bits per heavy atom. The van der Waals surface area contributed by atoms with Crippen molar-refractivity contribution in [1.82, 2.24) is 15.2 Å². The molecule has 7 heteroatoms.